The van der Waals surface area contributed by atoms with E-state index in [-0.39, 0.29) is 5.91 Å². The summed E-state index contributed by atoms with van der Waals surface area (Å²) in [6, 6.07) is 15.2. The highest BCUT2D eigenvalue weighted by Crippen LogP contribution is 2.16. The minimum atomic E-state index is -0.152. The maximum absolute atomic E-state index is 11.8. The van der Waals surface area contributed by atoms with Crippen molar-refractivity contribution in [2.24, 2.45) is 0 Å². The van der Waals surface area contributed by atoms with E-state index in [0.29, 0.717) is 18.0 Å². The first-order chi connectivity index (χ1) is 11.2. The third-order valence-electron chi connectivity index (χ3n) is 3.42. The van der Waals surface area contributed by atoms with Crippen LogP contribution in [0, 0.1) is 0 Å². The molecular weight excluding hydrogens is 310 g/mol. The zero-order valence-electron chi connectivity index (χ0n) is 12.4. The number of para-hydroxylation sites is 2. The van der Waals surface area contributed by atoms with Crippen LogP contribution in [0.5, 0.6) is 0 Å². The number of fused-ring (bicyclic) bond motifs is 1. The molecule has 0 aliphatic rings. The normalized spacial score (nSPS) is 11.2. The van der Waals surface area contributed by atoms with Gasteiger partial charge in [0.2, 0.25) is 5.91 Å². The van der Waals surface area contributed by atoms with Gasteiger partial charge < -0.3 is 10.3 Å². The monoisotopic (exact) mass is 325 g/mol. The van der Waals surface area contributed by atoms with E-state index in [1.807, 2.05) is 42.5 Å². The van der Waals surface area contributed by atoms with Gasteiger partial charge in [0.1, 0.15) is 5.82 Å². The number of amides is 1. The Hall–Kier alpha value is -2.59. The van der Waals surface area contributed by atoms with Crippen molar-refractivity contribution in [2.75, 3.05) is 6.54 Å². The number of H-pyrrole nitrogens is 1. The fourth-order valence-electron chi connectivity index (χ4n) is 2.26. The smallest absolute Gasteiger partial charge is 0.244 e. The van der Waals surface area contributed by atoms with Gasteiger partial charge in [0.05, 0.1) is 11.0 Å². The number of hydrogen-bond acceptors (Lipinski definition) is 2. The Labute approximate surface area is 139 Å². The van der Waals surface area contributed by atoms with Gasteiger partial charge in [0.15, 0.2) is 0 Å². The summed E-state index contributed by atoms with van der Waals surface area (Å²) in [6.45, 7) is 0.519. The second kappa shape index (κ2) is 7.11. The van der Waals surface area contributed by atoms with E-state index in [1.54, 1.807) is 12.1 Å². The summed E-state index contributed by atoms with van der Waals surface area (Å²) in [6.07, 6.45) is 3.85. The van der Waals surface area contributed by atoms with Gasteiger partial charge >= 0.3 is 0 Å². The van der Waals surface area contributed by atoms with Gasteiger partial charge in [-0.1, -0.05) is 41.9 Å². The van der Waals surface area contributed by atoms with Crippen LogP contribution in [0.25, 0.3) is 17.1 Å². The van der Waals surface area contributed by atoms with E-state index in [1.165, 1.54) is 6.08 Å². The third-order valence-corrected chi connectivity index (χ3v) is 3.76. The van der Waals surface area contributed by atoms with Crippen LogP contribution in [0.15, 0.2) is 54.6 Å². The van der Waals surface area contributed by atoms with Crippen LogP contribution in [0.3, 0.4) is 0 Å². The van der Waals surface area contributed by atoms with Crippen molar-refractivity contribution in [3.63, 3.8) is 0 Å². The van der Waals surface area contributed by atoms with Crippen LogP contribution in [0.1, 0.15) is 11.4 Å². The molecule has 0 radical (unpaired) electrons. The van der Waals surface area contributed by atoms with E-state index < -0.39 is 0 Å². The van der Waals surface area contributed by atoms with Crippen LogP contribution in [0.2, 0.25) is 5.02 Å². The van der Waals surface area contributed by atoms with Crippen molar-refractivity contribution in [3.8, 4) is 0 Å². The second-order valence-corrected chi connectivity index (χ2v) is 5.50. The fraction of sp³-hybridized carbons (Fsp3) is 0.111. The number of aromatic nitrogens is 2. The van der Waals surface area contributed by atoms with E-state index in [4.69, 9.17) is 11.6 Å². The number of hydrogen-bond donors (Lipinski definition) is 2. The molecule has 3 aromatic rings. The molecule has 0 bridgehead atoms. The summed E-state index contributed by atoms with van der Waals surface area (Å²) >= 11 is 6.04. The SMILES string of the molecule is O=C(/C=C/c1ccccc1Cl)NCCc1nc2ccccc2[nH]1. The van der Waals surface area contributed by atoms with Crippen LogP contribution in [-0.4, -0.2) is 22.4 Å². The van der Waals surface area contributed by atoms with Gasteiger partial charge in [-0.2, -0.15) is 0 Å². The first-order valence-corrected chi connectivity index (χ1v) is 7.74. The number of imidazole rings is 1. The van der Waals surface area contributed by atoms with Crippen molar-refractivity contribution >= 4 is 34.6 Å². The minimum Gasteiger partial charge on any atom is -0.352 e. The van der Waals surface area contributed by atoms with Gasteiger partial charge in [0, 0.05) is 24.1 Å². The lowest BCUT2D eigenvalue weighted by molar-refractivity contribution is -0.116. The number of nitrogens with one attached hydrogen (secondary N) is 2. The number of aromatic amines is 1. The summed E-state index contributed by atoms with van der Waals surface area (Å²) in [7, 11) is 0. The highest BCUT2D eigenvalue weighted by molar-refractivity contribution is 6.32. The molecule has 1 amide bonds. The predicted octanol–water partition coefficient (Wildman–Crippen LogP) is 3.59. The molecule has 0 unspecified atom stereocenters. The lowest BCUT2D eigenvalue weighted by Crippen LogP contribution is -2.23. The highest BCUT2D eigenvalue weighted by atomic mass is 35.5. The molecule has 0 spiro atoms. The molecule has 3 rings (SSSR count). The molecule has 23 heavy (non-hydrogen) atoms. The van der Waals surface area contributed by atoms with Gasteiger partial charge in [-0.3, -0.25) is 4.79 Å². The van der Waals surface area contributed by atoms with Gasteiger partial charge in [-0.15, -0.1) is 0 Å². The van der Waals surface area contributed by atoms with Crippen molar-refractivity contribution in [1.29, 1.82) is 0 Å². The maximum atomic E-state index is 11.8. The first-order valence-electron chi connectivity index (χ1n) is 7.36. The number of rotatable bonds is 5. The molecule has 1 heterocycles. The Morgan fingerprint density at radius 3 is 2.78 bits per heavy atom. The third kappa shape index (κ3) is 3.99. The van der Waals surface area contributed by atoms with Crippen molar-refractivity contribution in [3.05, 3.63) is 71.0 Å². The molecule has 2 N–H and O–H groups in total. The fourth-order valence-corrected chi connectivity index (χ4v) is 2.46. The Morgan fingerprint density at radius 2 is 1.96 bits per heavy atom. The van der Waals surface area contributed by atoms with Crippen LogP contribution >= 0.6 is 11.6 Å². The number of benzene rings is 2. The molecule has 116 valence electrons. The molecule has 0 fully saturated rings. The van der Waals surface area contributed by atoms with Crippen LogP contribution < -0.4 is 5.32 Å². The molecule has 0 saturated heterocycles. The molecule has 0 atom stereocenters. The standard InChI is InChI=1S/C18H16ClN3O/c19-14-6-2-1-5-13(14)9-10-18(23)20-12-11-17-21-15-7-3-4-8-16(15)22-17/h1-10H,11-12H2,(H,20,23)(H,21,22)/b10-9+. The highest BCUT2D eigenvalue weighted by Gasteiger charge is 2.02. The van der Waals surface area contributed by atoms with E-state index >= 15 is 0 Å². The summed E-state index contributed by atoms with van der Waals surface area (Å²) < 4.78 is 0. The van der Waals surface area contributed by atoms with E-state index in [0.717, 1.165) is 22.4 Å². The van der Waals surface area contributed by atoms with Gasteiger partial charge in [-0.25, -0.2) is 4.98 Å². The zero-order valence-corrected chi connectivity index (χ0v) is 13.2. The number of nitrogens with zero attached hydrogens (tertiary/aromatic N) is 1. The summed E-state index contributed by atoms with van der Waals surface area (Å²) in [4.78, 5) is 19.5. The summed E-state index contributed by atoms with van der Waals surface area (Å²) in [5, 5.41) is 3.46. The topological polar surface area (TPSA) is 57.8 Å². The molecule has 0 aliphatic heterocycles. The van der Waals surface area contributed by atoms with Gasteiger partial charge in [0.25, 0.3) is 0 Å². The lowest BCUT2D eigenvalue weighted by Gasteiger charge is -2.00. The first kappa shape index (κ1) is 15.3. The molecule has 0 aliphatic carbocycles. The zero-order chi connectivity index (χ0) is 16.1. The van der Waals surface area contributed by atoms with Crippen molar-refractivity contribution in [1.82, 2.24) is 15.3 Å². The summed E-state index contributed by atoms with van der Waals surface area (Å²) in [5.74, 6) is 0.711. The Balaban J connectivity index is 1.52. The molecule has 4 nitrogen and oxygen atoms in total. The number of halogens is 1. The number of carbonyl (C=O) groups is 1. The second-order valence-electron chi connectivity index (χ2n) is 5.10. The largest absolute Gasteiger partial charge is 0.352 e. The summed E-state index contributed by atoms with van der Waals surface area (Å²) in [5.41, 5.74) is 2.77. The van der Waals surface area contributed by atoms with Gasteiger partial charge in [-0.05, 0) is 29.8 Å². The average Bonchev–Trinajstić information content (AvgIpc) is 2.97. The molecule has 2 aromatic carbocycles. The molecular formula is C18H16ClN3O. The number of carbonyl (C=O) groups excluding carboxylic acids is 1. The lowest BCUT2D eigenvalue weighted by atomic mass is 10.2. The average molecular weight is 326 g/mol. The predicted molar refractivity (Wildman–Crippen MR) is 93.3 cm³/mol. The van der Waals surface area contributed by atoms with E-state index in [9.17, 15) is 4.79 Å². The van der Waals surface area contributed by atoms with Crippen LogP contribution in [-0.2, 0) is 11.2 Å². The molecule has 0 saturated carbocycles. The Bertz CT molecular complexity index is 821. The van der Waals surface area contributed by atoms with Crippen LogP contribution in [0.4, 0.5) is 0 Å². The Kier molecular flexibility index (Phi) is 4.74. The van der Waals surface area contributed by atoms with Crippen molar-refractivity contribution in [2.45, 2.75) is 6.42 Å². The molecule has 1 aromatic heterocycles. The van der Waals surface area contributed by atoms with Crippen molar-refractivity contribution < 1.29 is 4.79 Å². The quantitative estimate of drug-likeness (QED) is 0.704. The molecule has 5 heteroatoms. The Morgan fingerprint density at radius 1 is 1.17 bits per heavy atom. The maximum Gasteiger partial charge on any atom is 0.244 e. The van der Waals surface area contributed by atoms with E-state index in [2.05, 4.69) is 15.3 Å². The minimum absolute atomic E-state index is 0.152.